The molecule has 1 fully saturated rings. The lowest BCUT2D eigenvalue weighted by Gasteiger charge is -2.37. The molecule has 1 saturated heterocycles. The van der Waals surface area contributed by atoms with Crippen LogP contribution in [0.15, 0.2) is 18.2 Å². The highest BCUT2D eigenvalue weighted by Gasteiger charge is 2.24. The lowest BCUT2D eigenvalue weighted by atomic mass is 9.93. The molecule has 2 rings (SSSR count). The molecule has 1 aromatic carbocycles. The van der Waals surface area contributed by atoms with E-state index < -0.39 is 11.6 Å². The van der Waals surface area contributed by atoms with Crippen LogP contribution in [0, 0.1) is 17.6 Å². The number of hydrogen-bond acceptors (Lipinski definition) is 2. The molecule has 2 N–H and O–H groups in total. The van der Waals surface area contributed by atoms with Crippen molar-refractivity contribution >= 4 is 12.4 Å². The summed E-state index contributed by atoms with van der Waals surface area (Å²) < 4.78 is 26.3. The van der Waals surface area contributed by atoms with Crippen LogP contribution in [0.25, 0.3) is 0 Å². The van der Waals surface area contributed by atoms with Crippen molar-refractivity contribution in [3.05, 3.63) is 35.4 Å². The first-order valence-corrected chi connectivity index (χ1v) is 7.01. The molecule has 1 aromatic rings. The van der Waals surface area contributed by atoms with E-state index in [1.165, 1.54) is 18.6 Å². The summed E-state index contributed by atoms with van der Waals surface area (Å²) >= 11 is 0. The SMILES string of the molecule is CC(c1ccc(F)c(F)c1)N1CCCC(CCN)C1.Cl. The number of halogens is 3. The Kier molecular flexibility index (Phi) is 6.86. The van der Waals surface area contributed by atoms with Crippen LogP contribution in [0.5, 0.6) is 0 Å². The molecule has 0 aromatic heterocycles. The Morgan fingerprint density at radius 2 is 2.10 bits per heavy atom. The van der Waals surface area contributed by atoms with Gasteiger partial charge in [0.25, 0.3) is 0 Å². The van der Waals surface area contributed by atoms with Gasteiger partial charge >= 0.3 is 0 Å². The van der Waals surface area contributed by atoms with Gasteiger partial charge in [-0.1, -0.05) is 6.07 Å². The van der Waals surface area contributed by atoms with Crippen molar-refractivity contribution < 1.29 is 8.78 Å². The van der Waals surface area contributed by atoms with E-state index in [9.17, 15) is 8.78 Å². The van der Waals surface area contributed by atoms with Gasteiger partial charge in [-0.2, -0.15) is 0 Å². The lowest BCUT2D eigenvalue weighted by molar-refractivity contribution is 0.128. The molecule has 5 heteroatoms. The number of piperidine rings is 1. The van der Waals surface area contributed by atoms with Gasteiger partial charge in [0.2, 0.25) is 0 Å². The zero-order valence-corrected chi connectivity index (χ0v) is 12.6. The molecule has 1 heterocycles. The van der Waals surface area contributed by atoms with E-state index in [1.807, 2.05) is 0 Å². The molecular weight excluding hydrogens is 282 g/mol. The zero-order chi connectivity index (χ0) is 13.8. The monoisotopic (exact) mass is 304 g/mol. The Labute approximate surface area is 125 Å². The van der Waals surface area contributed by atoms with Gasteiger partial charge < -0.3 is 5.73 Å². The minimum atomic E-state index is -0.782. The van der Waals surface area contributed by atoms with Crippen molar-refractivity contribution in [1.82, 2.24) is 4.90 Å². The van der Waals surface area contributed by atoms with Gasteiger partial charge in [-0.25, -0.2) is 8.78 Å². The number of likely N-dealkylation sites (tertiary alicyclic amines) is 1. The maximum atomic E-state index is 13.3. The molecular formula is C15H23ClF2N2. The van der Waals surface area contributed by atoms with Crippen molar-refractivity contribution in [3.63, 3.8) is 0 Å². The first-order chi connectivity index (χ1) is 9.11. The number of hydrogen-bond donors (Lipinski definition) is 1. The summed E-state index contributed by atoms with van der Waals surface area (Å²) in [4.78, 5) is 2.34. The highest BCUT2D eigenvalue weighted by atomic mass is 35.5. The van der Waals surface area contributed by atoms with E-state index in [2.05, 4.69) is 11.8 Å². The fourth-order valence-electron chi connectivity index (χ4n) is 2.90. The highest BCUT2D eigenvalue weighted by molar-refractivity contribution is 5.85. The van der Waals surface area contributed by atoms with Gasteiger partial charge in [0.15, 0.2) is 11.6 Å². The van der Waals surface area contributed by atoms with Crippen molar-refractivity contribution in [2.24, 2.45) is 11.7 Å². The second-order valence-corrected chi connectivity index (χ2v) is 5.43. The number of nitrogens with two attached hydrogens (primary N) is 1. The third-order valence-electron chi connectivity index (χ3n) is 4.10. The second-order valence-electron chi connectivity index (χ2n) is 5.43. The number of rotatable bonds is 4. The van der Waals surface area contributed by atoms with Crippen molar-refractivity contribution in [3.8, 4) is 0 Å². The molecule has 0 saturated carbocycles. The van der Waals surface area contributed by atoms with Gasteiger partial charge in [0, 0.05) is 12.6 Å². The van der Waals surface area contributed by atoms with Crippen molar-refractivity contribution in [1.29, 1.82) is 0 Å². The summed E-state index contributed by atoms with van der Waals surface area (Å²) in [6.45, 7) is 4.79. The molecule has 0 spiro atoms. The maximum absolute atomic E-state index is 13.3. The molecule has 0 aliphatic carbocycles. The minimum absolute atomic E-state index is 0. The van der Waals surface area contributed by atoms with E-state index in [4.69, 9.17) is 5.73 Å². The van der Waals surface area contributed by atoms with Gasteiger partial charge in [-0.05, 0) is 62.9 Å². The zero-order valence-electron chi connectivity index (χ0n) is 11.8. The van der Waals surface area contributed by atoms with E-state index in [-0.39, 0.29) is 18.4 Å². The van der Waals surface area contributed by atoms with E-state index in [0.29, 0.717) is 5.92 Å². The lowest BCUT2D eigenvalue weighted by Crippen LogP contribution is -2.37. The number of nitrogens with zero attached hydrogens (tertiary/aromatic N) is 1. The van der Waals surface area contributed by atoms with E-state index in [0.717, 1.165) is 38.0 Å². The van der Waals surface area contributed by atoms with Crippen LogP contribution < -0.4 is 5.73 Å². The smallest absolute Gasteiger partial charge is 0.159 e. The molecule has 2 unspecified atom stereocenters. The molecule has 114 valence electrons. The quantitative estimate of drug-likeness (QED) is 0.922. The molecule has 2 atom stereocenters. The third kappa shape index (κ3) is 4.14. The van der Waals surface area contributed by atoms with Crippen LogP contribution >= 0.6 is 12.4 Å². The maximum Gasteiger partial charge on any atom is 0.159 e. The Morgan fingerprint density at radius 3 is 2.75 bits per heavy atom. The summed E-state index contributed by atoms with van der Waals surface area (Å²) in [5.41, 5.74) is 6.46. The van der Waals surface area contributed by atoms with Crippen molar-refractivity contribution in [2.75, 3.05) is 19.6 Å². The van der Waals surface area contributed by atoms with E-state index in [1.54, 1.807) is 6.07 Å². The van der Waals surface area contributed by atoms with Crippen LogP contribution in [-0.2, 0) is 0 Å². The minimum Gasteiger partial charge on any atom is -0.330 e. The molecule has 0 radical (unpaired) electrons. The predicted octanol–water partition coefficient (Wildman–Crippen LogP) is 3.51. The molecule has 1 aliphatic heterocycles. The summed E-state index contributed by atoms with van der Waals surface area (Å²) in [6, 6.07) is 4.32. The fourth-order valence-corrected chi connectivity index (χ4v) is 2.90. The van der Waals surface area contributed by atoms with Gasteiger partial charge in [-0.3, -0.25) is 4.90 Å². The Balaban J connectivity index is 0.00000200. The second kappa shape index (κ2) is 7.91. The van der Waals surface area contributed by atoms with Gasteiger partial charge in [-0.15, -0.1) is 12.4 Å². The first kappa shape index (κ1) is 17.3. The number of benzene rings is 1. The summed E-state index contributed by atoms with van der Waals surface area (Å²) in [5, 5.41) is 0. The molecule has 20 heavy (non-hydrogen) atoms. The third-order valence-corrected chi connectivity index (χ3v) is 4.10. The van der Waals surface area contributed by atoms with Gasteiger partial charge in [0.1, 0.15) is 0 Å². The average Bonchev–Trinajstić information content (AvgIpc) is 2.42. The highest BCUT2D eigenvalue weighted by Crippen LogP contribution is 2.28. The van der Waals surface area contributed by atoms with Crippen molar-refractivity contribution in [2.45, 2.75) is 32.2 Å². The van der Waals surface area contributed by atoms with Gasteiger partial charge in [0.05, 0.1) is 0 Å². The van der Waals surface area contributed by atoms with Crippen LogP contribution in [-0.4, -0.2) is 24.5 Å². The molecule has 2 nitrogen and oxygen atoms in total. The molecule has 1 aliphatic rings. The standard InChI is InChI=1S/C15H22F2N2.ClH/c1-11(13-4-5-14(16)15(17)9-13)19-8-2-3-12(10-19)6-7-18;/h4-5,9,11-12H,2-3,6-8,10,18H2,1H3;1H. The van der Waals surface area contributed by atoms with Crippen LogP contribution in [0.1, 0.15) is 37.8 Å². The summed E-state index contributed by atoms with van der Waals surface area (Å²) in [5.74, 6) is -0.915. The van der Waals surface area contributed by atoms with Crippen LogP contribution in [0.4, 0.5) is 8.78 Å². The van der Waals surface area contributed by atoms with Crippen LogP contribution in [0.2, 0.25) is 0 Å². The summed E-state index contributed by atoms with van der Waals surface area (Å²) in [7, 11) is 0. The van der Waals surface area contributed by atoms with Crippen LogP contribution in [0.3, 0.4) is 0 Å². The normalized spacial score (nSPS) is 21.3. The molecule has 0 bridgehead atoms. The Bertz CT molecular complexity index is 426. The van der Waals surface area contributed by atoms with E-state index >= 15 is 0 Å². The Morgan fingerprint density at radius 1 is 1.35 bits per heavy atom. The summed E-state index contributed by atoms with van der Waals surface area (Å²) in [6.07, 6.45) is 3.41. The fraction of sp³-hybridized carbons (Fsp3) is 0.600. The average molecular weight is 305 g/mol. The first-order valence-electron chi connectivity index (χ1n) is 7.01. The molecule has 0 amide bonds. The largest absolute Gasteiger partial charge is 0.330 e. The topological polar surface area (TPSA) is 29.3 Å². The predicted molar refractivity (Wildman–Crippen MR) is 80.0 cm³/mol. The Hall–Kier alpha value is -0.710.